The van der Waals surface area contributed by atoms with E-state index >= 15 is 0 Å². The Morgan fingerprint density at radius 2 is 1.60 bits per heavy atom. The second-order valence-corrected chi connectivity index (χ2v) is 16.1. The van der Waals surface area contributed by atoms with E-state index in [1.807, 2.05) is 0 Å². The summed E-state index contributed by atoms with van der Waals surface area (Å²) < 4.78 is 6.54. The molecule has 2 fully saturated rings. The summed E-state index contributed by atoms with van der Waals surface area (Å²) in [7, 11) is -2.72. The monoisotopic (exact) mass is 242 g/mol. The minimum atomic E-state index is -1.40. The highest BCUT2D eigenvalue weighted by Crippen LogP contribution is 2.55. The van der Waals surface area contributed by atoms with Crippen molar-refractivity contribution in [2.75, 3.05) is 0 Å². The molecule has 0 radical (unpaired) electrons. The molecule has 2 rings (SSSR count). The lowest BCUT2D eigenvalue weighted by Gasteiger charge is -2.39. The van der Waals surface area contributed by atoms with Gasteiger partial charge in [-0.1, -0.05) is 12.8 Å². The lowest BCUT2D eigenvalue weighted by atomic mass is 10.0. The number of rotatable bonds is 3. The van der Waals surface area contributed by atoms with Crippen molar-refractivity contribution in [2.45, 2.75) is 64.0 Å². The normalized spacial score (nSPS) is 36.2. The Hall–Kier alpha value is 0.394. The zero-order chi connectivity index (χ0) is 11.3. The van der Waals surface area contributed by atoms with E-state index in [1.165, 1.54) is 25.7 Å². The summed E-state index contributed by atoms with van der Waals surface area (Å²) in [6.07, 6.45) is 6.03. The zero-order valence-corrected chi connectivity index (χ0v) is 13.0. The van der Waals surface area contributed by atoms with Crippen LogP contribution in [0.15, 0.2) is 0 Å². The van der Waals surface area contributed by atoms with E-state index in [0.29, 0.717) is 0 Å². The van der Waals surface area contributed by atoms with Gasteiger partial charge in [-0.15, -0.1) is 0 Å². The molecule has 0 N–H and O–H groups in total. The van der Waals surface area contributed by atoms with Gasteiger partial charge in [0.05, 0.1) is 0 Å². The van der Waals surface area contributed by atoms with E-state index < -0.39 is 16.6 Å². The summed E-state index contributed by atoms with van der Waals surface area (Å²) in [5.74, 6) is 2.10. The van der Waals surface area contributed by atoms with Crippen molar-refractivity contribution >= 4 is 16.6 Å². The first-order valence-electron chi connectivity index (χ1n) is 6.48. The summed E-state index contributed by atoms with van der Waals surface area (Å²) >= 11 is 0. The van der Waals surface area contributed by atoms with Crippen LogP contribution < -0.4 is 0 Å². The molecule has 0 amide bonds. The van der Waals surface area contributed by atoms with Crippen LogP contribution in [0.4, 0.5) is 0 Å². The molecule has 0 aromatic carbocycles. The van der Waals surface area contributed by atoms with Gasteiger partial charge in [-0.25, -0.2) is 0 Å². The average molecular weight is 243 g/mol. The third kappa shape index (κ3) is 2.56. The molecule has 0 aliphatic heterocycles. The Labute approximate surface area is 96.9 Å². The molecular weight excluding hydrogens is 216 g/mol. The Morgan fingerprint density at radius 3 is 2.00 bits per heavy atom. The van der Waals surface area contributed by atoms with Crippen molar-refractivity contribution in [3.05, 3.63) is 0 Å². The van der Waals surface area contributed by atoms with Crippen LogP contribution in [-0.2, 0) is 4.12 Å². The minimum absolute atomic E-state index is 0.975. The van der Waals surface area contributed by atoms with Gasteiger partial charge in [0.2, 0.25) is 0 Å². The molecule has 0 aromatic rings. The molecule has 0 aromatic heterocycles. The third-order valence-electron chi connectivity index (χ3n) is 4.20. The lowest BCUT2D eigenvalue weighted by molar-refractivity contribution is 0.422. The Kier molecular flexibility index (Phi) is 2.93. The maximum absolute atomic E-state index is 6.54. The van der Waals surface area contributed by atoms with Gasteiger partial charge in [0.25, 0.3) is 0 Å². The average Bonchev–Trinajstić information content (AvgIpc) is 2.58. The largest absolute Gasteiger partial charge is 0.455 e. The lowest BCUT2D eigenvalue weighted by Crippen LogP contribution is -2.47. The highest BCUT2D eigenvalue weighted by molar-refractivity contribution is 6.85. The van der Waals surface area contributed by atoms with Crippen LogP contribution in [0.25, 0.3) is 0 Å². The first kappa shape index (κ1) is 11.9. The van der Waals surface area contributed by atoms with Crippen LogP contribution in [-0.4, -0.2) is 16.6 Å². The van der Waals surface area contributed by atoms with Crippen molar-refractivity contribution in [3.63, 3.8) is 0 Å². The van der Waals surface area contributed by atoms with Gasteiger partial charge in [0, 0.05) is 0 Å². The highest BCUT2D eigenvalue weighted by atomic mass is 28.4. The SMILES string of the molecule is C[Si](C)(C)O[Si](C)(C)C1CC2CCC1C2. The Bertz CT molecular complexity index is 244. The summed E-state index contributed by atoms with van der Waals surface area (Å²) in [5.41, 5.74) is 0.975. The van der Waals surface area contributed by atoms with Gasteiger partial charge in [0.15, 0.2) is 16.6 Å². The van der Waals surface area contributed by atoms with Crippen molar-refractivity contribution < 1.29 is 4.12 Å². The number of hydrogen-bond acceptors (Lipinski definition) is 1. The maximum atomic E-state index is 6.54. The van der Waals surface area contributed by atoms with E-state index in [2.05, 4.69) is 32.7 Å². The number of hydrogen-bond donors (Lipinski definition) is 0. The fraction of sp³-hybridized carbons (Fsp3) is 1.00. The van der Waals surface area contributed by atoms with Crippen molar-refractivity contribution in [1.82, 2.24) is 0 Å². The first-order valence-corrected chi connectivity index (χ1v) is 12.9. The van der Waals surface area contributed by atoms with Gasteiger partial charge >= 0.3 is 0 Å². The smallest absolute Gasteiger partial charge is 0.176 e. The maximum Gasteiger partial charge on any atom is 0.176 e. The van der Waals surface area contributed by atoms with Crippen molar-refractivity contribution in [2.24, 2.45) is 11.8 Å². The fourth-order valence-electron chi connectivity index (χ4n) is 3.96. The molecule has 3 heteroatoms. The predicted octanol–water partition coefficient (Wildman–Crippen LogP) is 4.23. The molecule has 3 atom stereocenters. The van der Waals surface area contributed by atoms with E-state index in [0.717, 1.165) is 17.4 Å². The second kappa shape index (κ2) is 3.71. The first-order chi connectivity index (χ1) is 6.78. The Morgan fingerprint density at radius 1 is 0.933 bits per heavy atom. The molecule has 2 saturated carbocycles. The molecule has 2 bridgehead atoms. The van der Waals surface area contributed by atoms with E-state index in [9.17, 15) is 0 Å². The summed E-state index contributed by atoms with van der Waals surface area (Å²) in [4.78, 5) is 0. The quantitative estimate of drug-likeness (QED) is 0.673. The van der Waals surface area contributed by atoms with E-state index in [-0.39, 0.29) is 0 Å². The van der Waals surface area contributed by atoms with Gasteiger partial charge < -0.3 is 4.12 Å². The molecule has 2 aliphatic carbocycles. The van der Waals surface area contributed by atoms with E-state index in [1.54, 1.807) is 0 Å². The third-order valence-corrected chi connectivity index (χ3v) is 11.2. The van der Waals surface area contributed by atoms with Crippen LogP contribution in [0.3, 0.4) is 0 Å². The summed E-state index contributed by atoms with van der Waals surface area (Å²) in [5, 5.41) is 0. The summed E-state index contributed by atoms with van der Waals surface area (Å²) in [6.45, 7) is 12.0. The molecule has 88 valence electrons. The molecule has 1 nitrogen and oxygen atoms in total. The zero-order valence-electron chi connectivity index (χ0n) is 11.0. The number of fused-ring (bicyclic) bond motifs is 2. The van der Waals surface area contributed by atoms with Gasteiger partial charge in [-0.05, 0) is 63.0 Å². The molecule has 15 heavy (non-hydrogen) atoms. The molecule has 0 heterocycles. The molecule has 3 unspecified atom stereocenters. The van der Waals surface area contributed by atoms with Crippen LogP contribution in [0, 0.1) is 11.8 Å². The van der Waals surface area contributed by atoms with Gasteiger partial charge in [0.1, 0.15) is 0 Å². The van der Waals surface area contributed by atoms with Crippen LogP contribution in [0.5, 0.6) is 0 Å². The van der Waals surface area contributed by atoms with Crippen LogP contribution in [0.1, 0.15) is 25.7 Å². The molecule has 2 aliphatic rings. The molecule has 0 spiro atoms. The molecular formula is C12H26OSi2. The fourth-order valence-corrected chi connectivity index (χ4v) is 13.2. The summed E-state index contributed by atoms with van der Waals surface area (Å²) in [6, 6.07) is 0. The highest BCUT2D eigenvalue weighted by Gasteiger charge is 2.49. The van der Waals surface area contributed by atoms with Crippen molar-refractivity contribution in [1.29, 1.82) is 0 Å². The van der Waals surface area contributed by atoms with Gasteiger partial charge in [-0.2, -0.15) is 0 Å². The topological polar surface area (TPSA) is 9.23 Å². The predicted molar refractivity (Wildman–Crippen MR) is 71.1 cm³/mol. The minimum Gasteiger partial charge on any atom is -0.455 e. The van der Waals surface area contributed by atoms with E-state index in [4.69, 9.17) is 4.12 Å². The second-order valence-electron chi connectivity index (χ2n) is 7.10. The Balaban J connectivity index is 2.03. The van der Waals surface area contributed by atoms with Crippen LogP contribution >= 0.6 is 0 Å². The standard InChI is InChI=1S/C12H26OSi2/c1-14(2,3)13-15(4,5)12-9-10-6-7-11(12)8-10/h10-12H,6-9H2,1-5H3. The molecule has 0 saturated heterocycles. The van der Waals surface area contributed by atoms with Crippen molar-refractivity contribution in [3.8, 4) is 0 Å². The van der Waals surface area contributed by atoms with Crippen LogP contribution in [0.2, 0.25) is 38.3 Å². The van der Waals surface area contributed by atoms with Gasteiger partial charge in [-0.3, -0.25) is 0 Å².